The number of pyridine rings is 1. The topological polar surface area (TPSA) is 48.0 Å². The van der Waals surface area contributed by atoms with E-state index in [1.165, 1.54) is 0 Å². The molecule has 72 valence electrons. The molecule has 1 aromatic heterocycles. The summed E-state index contributed by atoms with van der Waals surface area (Å²) in [7, 11) is 0. The number of hydrogen-bond acceptors (Lipinski definition) is 2. The molecule has 0 aliphatic heterocycles. The van der Waals surface area contributed by atoms with Crippen LogP contribution in [0.1, 0.15) is 19.0 Å². The lowest BCUT2D eigenvalue weighted by molar-refractivity contribution is 0.519. The third-order valence-corrected chi connectivity index (χ3v) is 2.21. The van der Waals surface area contributed by atoms with Crippen molar-refractivity contribution in [1.82, 2.24) is 4.57 Å². The Morgan fingerprint density at radius 2 is 2.23 bits per heavy atom. The van der Waals surface area contributed by atoms with Crippen molar-refractivity contribution in [1.29, 1.82) is 0 Å². The minimum Gasteiger partial charge on any atom is -0.326 e. The van der Waals surface area contributed by atoms with Gasteiger partial charge >= 0.3 is 0 Å². The lowest BCUT2D eigenvalue weighted by Crippen LogP contribution is -2.32. The highest BCUT2D eigenvalue weighted by molar-refractivity contribution is 5.04. The average Bonchev–Trinajstić information content (AvgIpc) is 2.11. The first-order chi connectivity index (χ1) is 6.15. The van der Waals surface area contributed by atoms with Crippen LogP contribution >= 0.6 is 0 Å². The molecule has 1 atom stereocenters. The van der Waals surface area contributed by atoms with E-state index in [0.29, 0.717) is 6.54 Å². The van der Waals surface area contributed by atoms with Gasteiger partial charge in [-0.15, -0.1) is 0 Å². The van der Waals surface area contributed by atoms with E-state index in [1.807, 2.05) is 19.9 Å². The van der Waals surface area contributed by atoms with Gasteiger partial charge in [0.25, 0.3) is 5.56 Å². The molecule has 0 aliphatic rings. The van der Waals surface area contributed by atoms with Crippen LogP contribution in [0.5, 0.6) is 0 Å². The highest BCUT2D eigenvalue weighted by Crippen LogP contribution is 1.96. The molecule has 3 heteroatoms. The van der Waals surface area contributed by atoms with Crippen LogP contribution in [-0.2, 0) is 6.54 Å². The predicted octanol–water partition coefficient (Wildman–Crippen LogP) is 0.894. The normalized spacial score (nSPS) is 12.8. The third kappa shape index (κ3) is 2.42. The van der Waals surface area contributed by atoms with E-state index in [1.54, 1.807) is 16.7 Å². The molecule has 1 rings (SSSR count). The molecule has 3 nitrogen and oxygen atoms in total. The molecule has 13 heavy (non-hydrogen) atoms. The highest BCUT2D eigenvalue weighted by Gasteiger charge is 2.03. The van der Waals surface area contributed by atoms with Crippen molar-refractivity contribution in [3.8, 4) is 0 Å². The van der Waals surface area contributed by atoms with E-state index >= 15 is 0 Å². The second-order valence-electron chi connectivity index (χ2n) is 3.28. The second-order valence-corrected chi connectivity index (χ2v) is 3.28. The Morgan fingerprint density at radius 1 is 1.54 bits per heavy atom. The van der Waals surface area contributed by atoms with Gasteiger partial charge in [0.05, 0.1) is 0 Å². The second kappa shape index (κ2) is 4.23. The first kappa shape index (κ1) is 9.99. The van der Waals surface area contributed by atoms with Crippen LogP contribution in [0.25, 0.3) is 0 Å². The molecule has 0 fully saturated rings. The SMILES string of the molecule is CCC(N)Cn1c(C)cccc1=O. The van der Waals surface area contributed by atoms with Gasteiger partial charge in [0.1, 0.15) is 0 Å². The number of hydrogen-bond donors (Lipinski definition) is 1. The highest BCUT2D eigenvalue weighted by atomic mass is 16.1. The van der Waals surface area contributed by atoms with Gasteiger partial charge in [0, 0.05) is 24.3 Å². The number of rotatable bonds is 3. The zero-order chi connectivity index (χ0) is 9.84. The van der Waals surface area contributed by atoms with E-state index in [-0.39, 0.29) is 11.6 Å². The summed E-state index contributed by atoms with van der Waals surface area (Å²) < 4.78 is 1.72. The smallest absolute Gasteiger partial charge is 0.250 e. The maximum atomic E-state index is 11.4. The summed E-state index contributed by atoms with van der Waals surface area (Å²) in [6, 6.07) is 5.32. The summed E-state index contributed by atoms with van der Waals surface area (Å²) in [5, 5.41) is 0. The van der Waals surface area contributed by atoms with Crippen LogP contribution in [0, 0.1) is 6.92 Å². The van der Waals surface area contributed by atoms with Crippen molar-refractivity contribution >= 4 is 0 Å². The van der Waals surface area contributed by atoms with Gasteiger partial charge in [0.15, 0.2) is 0 Å². The Hall–Kier alpha value is -1.09. The summed E-state index contributed by atoms with van der Waals surface area (Å²) >= 11 is 0. The monoisotopic (exact) mass is 180 g/mol. The van der Waals surface area contributed by atoms with Gasteiger partial charge < -0.3 is 10.3 Å². The summed E-state index contributed by atoms with van der Waals surface area (Å²) in [6.45, 7) is 4.56. The molecule has 0 spiro atoms. The zero-order valence-electron chi connectivity index (χ0n) is 8.16. The van der Waals surface area contributed by atoms with Gasteiger partial charge in [-0.1, -0.05) is 13.0 Å². The lowest BCUT2D eigenvalue weighted by Gasteiger charge is -2.13. The molecule has 0 radical (unpaired) electrons. The minimum absolute atomic E-state index is 0.0314. The first-order valence-electron chi connectivity index (χ1n) is 4.57. The summed E-state index contributed by atoms with van der Waals surface area (Å²) in [4.78, 5) is 11.4. The molecule has 0 bridgehead atoms. The molecular formula is C10H16N2O. The van der Waals surface area contributed by atoms with E-state index < -0.39 is 0 Å². The fourth-order valence-corrected chi connectivity index (χ4v) is 1.22. The molecule has 1 aromatic rings. The number of aryl methyl sites for hydroxylation is 1. The first-order valence-corrected chi connectivity index (χ1v) is 4.57. The number of aromatic nitrogens is 1. The Balaban J connectivity index is 2.93. The van der Waals surface area contributed by atoms with Crippen molar-refractivity contribution < 1.29 is 0 Å². The van der Waals surface area contributed by atoms with Gasteiger partial charge in [-0.25, -0.2) is 0 Å². The molecule has 0 aromatic carbocycles. The molecule has 1 unspecified atom stereocenters. The van der Waals surface area contributed by atoms with E-state index in [0.717, 1.165) is 12.1 Å². The van der Waals surface area contributed by atoms with E-state index in [9.17, 15) is 4.79 Å². The largest absolute Gasteiger partial charge is 0.326 e. The fourth-order valence-electron chi connectivity index (χ4n) is 1.22. The van der Waals surface area contributed by atoms with Crippen LogP contribution in [0.3, 0.4) is 0 Å². The van der Waals surface area contributed by atoms with E-state index in [2.05, 4.69) is 0 Å². The van der Waals surface area contributed by atoms with Gasteiger partial charge in [-0.2, -0.15) is 0 Å². The van der Waals surface area contributed by atoms with Crippen molar-refractivity contribution in [2.45, 2.75) is 32.9 Å². The van der Waals surface area contributed by atoms with Crippen LogP contribution in [0.2, 0.25) is 0 Å². The Bertz CT molecular complexity index is 330. The molecule has 1 heterocycles. The van der Waals surface area contributed by atoms with Gasteiger partial charge in [-0.05, 0) is 19.4 Å². The predicted molar refractivity (Wildman–Crippen MR) is 53.7 cm³/mol. The summed E-state index contributed by atoms with van der Waals surface area (Å²) in [6.07, 6.45) is 0.890. The van der Waals surface area contributed by atoms with Crippen LogP contribution in [0.15, 0.2) is 23.0 Å². The Morgan fingerprint density at radius 3 is 2.77 bits per heavy atom. The van der Waals surface area contributed by atoms with Crippen LogP contribution in [-0.4, -0.2) is 10.6 Å². The van der Waals surface area contributed by atoms with Crippen molar-refractivity contribution in [2.75, 3.05) is 0 Å². The fraction of sp³-hybridized carbons (Fsp3) is 0.500. The average molecular weight is 180 g/mol. The minimum atomic E-state index is 0.0314. The maximum Gasteiger partial charge on any atom is 0.250 e. The number of nitrogens with zero attached hydrogens (tertiary/aromatic N) is 1. The molecule has 0 saturated carbocycles. The third-order valence-electron chi connectivity index (χ3n) is 2.21. The van der Waals surface area contributed by atoms with Crippen LogP contribution in [0.4, 0.5) is 0 Å². The Labute approximate surface area is 78.2 Å². The summed E-state index contributed by atoms with van der Waals surface area (Å²) in [5.41, 5.74) is 6.78. The molecule has 0 saturated heterocycles. The number of nitrogens with two attached hydrogens (primary N) is 1. The lowest BCUT2D eigenvalue weighted by atomic mass is 10.2. The van der Waals surface area contributed by atoms with Crippen molar-refractivity contribution in [2.24, 2.45) is 5.73 Å². The van der Waals surface area contributed by atoms with Crippen LogP contribution < -0.4 is 11.3 Å². The van der Waals surface area contributed by atoms with Crippen molar-refractivity contribution in [3.05, 3.63) is 34.2 Å². The Kier molecular flexibility index (Phi) is 3.25. The quantitative estimate of drug-likeness (QED) is 0.751. The summed E-state index contributed by atoms with van der Waals surface area (Å²) in [5.74, 6) is 0. The maximum absolute atomic E-state index is 11.4. The molecule has 0 amide bonds. The van der Waals surface area contributed by atoms with E-state index in [4.69, 9.17) is 5.73 Å². The van der Waals surface area contributed by atoms with Gasteiger partial charge in [-0.3, -0.25) is 4.79 Å². The van der Waals surface area contributed by atoms with Gasteiger partial charge in [0.2, 0.25) is 0 Å². The molecule has 0 aliphatic carbocycles. The molecular weight excluding hydrogens is 164 g/mol. The zero-order valence-corrected chi connectivity index (χ0v) is 8.16. The standard InChI is InChI=1S/C10H16N2O/c1-3-9(11)7-12-8(2)5-4-6-10(12)13/h4-6,9H,3,7,11H2,1-2H3. The van der Waals surface area contributed by atoms with Crippen molar-refractivity contribution in [3.63, 3.8) is 0 Å². The molecule has 2 N–H and O–H groups in total.